The molecule has 3 N–H and O–H groups in total. The summed E-state index contributed by atoms with van der Waals surface area (Å²) in [6.07, 6.45) is 0. The van der Waals surface area contributed by atoms with Gasteiger partial charge in [-0.3, -0.25) is 9.59 Å². The van der Waals surface area contributed by atoms with E-state index in [4.69, 9.17) is 0 Å². The van der Waals surface area contributed by atoms with E-state index in [2.05, 4.69) is 41.9 Å². The number of likely N-dealkylation sites (N-methyl/N-ethyl adjacent to an activating group) is 1. The van der Waals surface area contributed by atoms with Crippen molar-refractivity contribution < 1.29 is 14.5 Å². The molecule has 166 valence electrons. The van der Waals surface area contributed by atoms with Crippen molar-refractivity contribution in [3.05, 3.63) is 89.5 Å². The lowest BCUT2D eigenvalue weighted by atomic mass is 10.2. The molecule has 32 heavy (non-hydrogen) atoms. The maximum Gasteiger partial charge on any atom is 0.251 e. The molecule has 3 aromatic rings. The van der Waals surface area contributed by atoms with Crippen LogP contribution in [-0.4, -0.2) is 32.0 Å². The zero-order chi connectivity index (χ0) is 22.9. The average molecular weight is 449 g/mol. The van der Waals surface area contributed by atoms with Crippen molar-refractivity contribution in [3.63, 3.8) is 0 Å². The quantitative estimate of drug-likeness (QED) is 0.469. The Morgan fingerprint density at radius 1 is 0.969 bits per heavy atom. The Morgan fingerprint density at radius 2 is 1.69 bits per heavy atom. The minimum atomic E-state index is -0.167. The lowest BCUT2D eigenvalue weighted by Gasteiger charge is -2.15. The first-order valence-corrected chi connectivity index (χ1v) is 11.5. The van der Waals surface area contributed by atoms with E-state index in [0.717, 1.165) is 22.9 Å². The Hall–Kier alpha value is -3.09. The van der Waals surface area contributed by atoms with Crippen LogP contribution in [-0.2, 0) is 11.3 Å². The van der Waals surface area contributed by atoms with Crippen LogP contribution in [0.25, 0.3) is 0 Å². The van der Waals surface area contributed by atoms with Crippen molar-refractivity contribution >= 4 is 29.3 Å². The minimum Gasteiger partial charge on any atom is -0.346 e. The van der Waals surface area contributed by atoms with Gasteiger partial charge in [0.15, 0.2) is 0 Å². The van der Waals surface area contributed by atoms with E-state index in [0.29, 0.717) is 17.8 Å². The molecule has 3 aromatic carbocycles. The van der Waals surface area contributed by atoms with E-state index in [-0.39, 0.29) is 11.8 Å². The van der Waals surface area contributed by atoms with E-state index in [9.17, 15) is 9.59 Å². The Bertz CT molecular complexity index is 1050. The lowest BCUT2D eigenvalue weighted by molar-refractivity contribution is -0.892. The van der Waals surface area contributed by atoms with Crippen LogP contribution >= 0.6 is 11.8 Å². The molecule has 3 rings (SSSR count). The van der Waals surface area contributed by atoms with Crippen molar-refractivity contribution in [2.24, 2.45) is 0 Å². The molecule has 0 spiro atoms. The highest BCUT2D eigenvalue weighted by atomic mass is 32.2. The van der Waals surface area contributed by atoms with Crippen LogP contribution in [0.4, 0.5) is 5.69 Å². The second kappa shape index (κ2) is 11.5. The highest BCUT2D eigenvalue weighted by molar-refractivity contribution is 7.99. The standard InChI is InChI=1S/C26H29N3O2S/c1-19-9-12-23(13-10-19)32-25-14-11-22(17-24(25)28-20(2)30)26(31)27-15-16-29(3)18-21-7-5-4-6-8-21/h4-14,17H,15-16,18H2,1-3H3,(H,27,31)(H,28,30)/p+1. The molecule has 0 radical (unpaired) electrons. The van der Waals surface area contributed by atoms with Crippen LogP contribution in [0.15, 0.2) is 82.6 Å². The molecule has 5 nitrogen and oxygen atoms in total. The zero-order valence-corrected chi connectivity index (χ0v) is 19.6. The fourth-order valence-corrected chi connectivity index (χ4v) is 4.19. The molecular formula is C26H30N3O2S+. The summed E-state index contributed by atoms with van der Waals surface area (Å²) >= 11 is 1.56. The smallest absolute Gasteiger partial charge is 0.251 e. The van der Waals surface area contributed by atoms with Gasteiger partial charge in [-0.1, -0.05) is 59.8 Å². The van der Waals surface area contributed by atoms with Gasteiger partial charge in [-0.15, -0.1) is 0 Å². The van der Waals surface area contributed by atoms with Crippen molar-refractivity contribution in [1.82, 2.24) is 5.32 Å². The van der Waals surface area contributed by atoms with E-state index >= 15 is 0 Å². The molecule has 0 aliphatic heterocycles. The normalized spacial score (nSPS) is 11.6. The molecule has 0 aliphatic rings. The minimum absolute atomic E-state index is 0.143. The predicted molar refractivity (Wildman–Crippen MR) is 130 cm³/mol. The van der Waals surface area contributed by atoms with E-state index < -0.39 is 0 Å². The second-order valence-corrected chi connectivity index (χ2v) is 9.05. The summed E-state index contributed by atoms with van der Waals surface area (Å²) in [6, 6.07) is 24.0. The highest BCUT2D eigenvalue weighted by Crippen LogP contribution is 2.34. The van der Waals surface area contributed by atoms with Crippen LogP contribution in [0, 0.1) is 6.92 Å². The van der Waals surface area contributed by atoms with Crippen molar-refractivity contribution in [2.75, 3.05) is 25.5 Å². The largest absolute Gasteiger partial charge is 0.346 e. The second-order valence-electron chi connectivity index (χ2n) is 7.93. The molecule has 2 amide bonds. The summed E-state index contributed by atoms with van der Waals surface area (Å²) in [7, 11) is 2.12. The Kier molecular flexibility index (Phi) is 8.48. The molecule has 1 unspecified atom stereocenters. The molecule has 0 saturated carbocycles. The summed E-state index contributed by atoms with van der Waals surface area (Å²) in [4.78, 5) is 27.7. The maximum atomic E-state index is 12.7. The molecule has 0 aliphatic carbocycles. The Labute approximate surface area is 194 Å². The van der Waals surface area contributed by atoms with Gasteiger partial charge in [0, 0.05) is 27.8 Å². The highest BCUT2D eigenvalue weighted by Gasteiger charge is 2.13. The predicted octanol–water partition coefficient (Wildman–Crippen LogP) is 3.55. The van der Waals surface area contributed by atoms with Crippen LogP contribution in [0.5, 0.6) is 0 Å². The van der Waals surface area contributed by atoms with Crippen LogP contribution < -0.4 is 15.5 Å². The number of hydrogen-bond donors (Lipinski definition) is 3. The fourth-order valence-electron chi connectivity index (χ4n) is 3.31. The Balaban J connectivity index is 1.61. The van der Waals surface area contributed by atoms with E-state index in [1.165, 1.54) is 23.0 Å². The molecule has 0 aromatic heterocycles. The number of hydrogen-bond acceptors (Lipinski definition) is 3. The zero-order valence-electron chi connectivity index (χ0n) is 18.8. The third kappa shape index (κ3) is 7.25. The Morgan fingerprint density at radius 3 is 2.38 bits per heavy atom. The van der Waals surface area contributed by atoms with Crippen LogP contribution in [0.2, 0.25) is 0 Å². The van der Waals surface area contributed by atoms with Gasteiger partial charge >= 0.3 is 0 Å². The van der Waals surface area contributed by atoms with Gasteiger partial charge < -0.3 is 15.5 Å². The monoisotopic (exact) mass is 448 g/mol. The number of amides is 2. The molecular weight excluding hydrogens is 418 g/mol. The average Bonchev–Trinajstić information content (AvgIpc) is 2.76. The van der Waals surface area contributed by atoms with Gasteiger partial charge in [-0.05, 0) is 37.3 Å². The number of aryl methyl sites for hydroxylation is 1. The van der Waals surface area contributed by atoms with Crippen LogP contribution in [0.1, 0.15) is 28.4 Å². The first-order valence-electron chi connectivity index (χ1n) is 10.7. The number of rotatable bonds is 9. The summed E-state index contributed by atoms with van der Waals surface area (Å²) in [5.41, 5.74) is 3.64. The van der Waals surface area contributed by atoms with Crippen LogP contribution in [0.3, 0.4) is 0 Å². The molecule has 6 heteroatoms. The molecule has 0 bridgehead atoms. The van der Waals surface area contributed by atoms with Gasteiger partial charge in [-0.2, -0.15) is 0 Å². The van der Waals surface area contributed by atoms with E-state index in [1.54, 1.807) is 23.9 Å². The molecule has 0 saturated heterocycles. The fraction of sp³-hybridized carbons (Fsp3) is 0.231. The first-order chi connectivity index (χ1) is 15.4. The molecule has 0 heterocycles. The maximum absolute atomic E-state index is 12.7. The van der Waals surface area contributed by atoms with Gasteiger partial charge in [0.05, 0.1) is 25.8 Å². The van der Waals surface area contributed by atoms with Gasteiger partial charge in [0.2, 0.25) is 5.91 Å². The molecule has 1 atom stereocenters. The summed E-state index contributed by atoms with van der Waals surface area (Å²) in [5.74, 6) is -0.310. The van der Waals surface area contributed by atoms with Crippen molar-refractivity contribution in [3.8, 4) is 0 Å². The number of carbonyl (C=O) groups is 2. The first kappa shape index (κ1) is 23.6. The van der Waals surface area contributed by atoms with Crippen molar-refractivity contribution in [1.29, 1.82) is 0 Å². The van der Waals surface area contributed by atoms with E-state index in [1.807, 2.05) is 43.3 Å². The van der Waals surface area contributed by atoms with Gasteiger partial charge in [0.25, 0.3) is 5.91 Å². The summed E-state index contributed by atoms with van der Waals surface area (Å²) in [6.45, 7) is 5.83. The summed E-state index contributed by atoms with van der Waals surface area (Å²) < 4.78 is 0. The SMILES string of the molecule is CC(=O)Nc1cc(C(=O)NCC[NH+](C)Cc2ccccc2)ccc1Sc1ccc(C)cc1. The third-order valence-corrected chi connectivity index (χ3v) is 6.07. The number of carbonyl (C=O) groups excluding carboxylic acids is 2. The topological polar surface area (TPSA) is 62.6 Å². The summed E-state index contributed by atoms with van der Waals surface area (Å²) in [5, 5.41) is 5.85. The number of nitrogens with one attached hydrogen (secondary N) is 3. The molecule has 0 fully saturated rings. The van der Waals surface area contributed by atoms with Gasteiger partial charge in [0.1, 0.15) is 6.54 Å². The number of anilines is 1. The number of quaternary nitrogens is 1. The lowest BCUT2D eigenvalue weighted by Crippen LogP contribution is -3.08. The third-order valence-electron chi connectivity index (χ3n) is 4.99. The number of benzene rings is 3. The van der Waals surface area contributed by atoms with Crippen molar-refractivity contribution in [2.45, 2.75) is 30.2 Å². The van der Waals surface area contributed by atoms with Gasteiger partial charge in [-0.25, -0.2) is 0 Å².